The minimum atomic E-state index is -0.984. The molecular formula is C25H26ClN3O4. The van der Waals surface area contributed by atoms with Gasteiger partial charge in [0.25, 0.3) is 5.91 Å². The van der Waals surface area contributed by atoms with Crippen LogP contribution in [0.2, 0.25) is 5.02 Å². The van der Waals surface area contributed by atoms with Crippen molar-refractivity contribution >= 4 is 40.8 Å². The fourth-order valence-electron chi connectivity index (χ4n) is 4.37. The first kappa shape index (κ1) is 22.9. The van der Waals surface area contributed by atoms with E-state index >= 15 is 0 Å². The molecule has 1 aliphatic carbocycles. The highest BCUT2D eigenvalue weighted by Crippen LogP contribution is 2.28. The maximum atomic E-state index is 13.3. The van der Waals surface area contributed by atoms with Crippen LogP contribution in [0, 0.1) is 11.8 Å². The molecule has 172 valence electrons. The first-order valence-corrected chi connectivity index (χ1v) is 11.4. The summed E-state index contributed by atoms with van der Waals surface area (Å²) in [5, 5.41) is 13.0. The van der Waals surface area contributed by atoms with E-state index in [4.69, 9.17) is 11.6 Å². The van der Waals surface area contributed by atoms with Crippen LogP contribution in [0.5, 0.6) is 0 Å². The van der Waals surface area contributed by atoms with Crippen molar-refractivity contribution in [2.45, 2.75) is 12.8 Å². The molecule has 0 spiro atoms. The zero-order valence-electron chi connectivity index (χ0n) is 18.1. The molecule has 1 saturated heterocycles. The topological polar surface area (TPSA) is 89.9 Å². The Bertz CT molecular complexity index is 1060. The molecule has 0 aromatic heterocycles. The van der Waals surface area contributed by atoms with Gasteiger partial charge in [0.15, 0.2) is 0 Å². The van der Waals surface area contributed by atoms with Crippen LogP contribution >= 0.6 is 11.6 Å². The maximum absolute atomic E-state index is 13.3. The standard InChI is InChI=1S/C25H26ClN3O4/c26-17-9-11-18(12-10-17)28-13-15-29(16-14-28)24(31)21-7-3-4-8-22(21)27-23(30)19-5-1-2-6-20(19)25(32)33/h1-4,7-12,19-20H,5-6,13-16H2,(H,27,30)(H,32,33)/t19-,20-/m1/s1. The molecule has 2 aliphatic rings. The van der Waals surface area contributed by atoms with Crippen molar-refractivity contribution in [3.63, 3.8) is 0 Å². The number of anilines is 2. The Labute approximate surface area is 197 Å². The number of carboxylic acids is 1. The molecule has 2 N–H and O–H groups in total. The van der Waals surface area contributed by atoms with Crippen LogP contribution in [-0.2, 0) is 9.59 Å². The monoisotopic (exact) mass is 467 g/mol. The van der Waals surface area contributed by atoms with Crippen molar-refractivity contribution in [1.29, 1.82) is 0 Å². The van der Waals surface area contributed by atoms with Gasteiger partial charge in [0.1, 0.15) is 0 Å². The quantitative estimate of drug-likeness (QED) is 0.651. The number of halogens is 1. The van der Waals surface area contributed by atoms with Crippen LogP contribution in [0.4, 0.5) is 11.4 Å². The van der Waals surface area contributed by atoms with Crippen LogP contribution in [-0.4, -0.2) is 54.0 Å². The Balaban J connectivity index is 1.43. The fourth-order valence-corrected chi connectivity index (χ4v) is 4.50. The third kappa shape index (κ3) is 5.20. The van der Waals surface area contributed by atoms with Crippen LogP contribution in [0.1, 0.15) is 23.2 Å². The van der Waals surface area contributed by atoms with Gasteiger partial charge < -0.3 is 20.2 Å². The summed E-state index contributed by atoms with van der Waals surface area (Å²) in [5.41, 5.74) is 1.88. The third-order valence-corrected chi connectivity index (χ3v) is 6.51. The second kappa shape index (κ2) is 10.1. The second-order valence-electron chi connectivity index (χ2n) is 8.28. The Morgan fingerprint density at radius 2 is 1.52 bits per heavy atom. The molecule has 2 aromatic rings. The molecule has 8 heteroatoms. The Kier molecular flexibility index (Phi) is 6.99. The lowest BCUT2D eigenvalue weighted by Gasteiger charge is -2.36. The number of nitrogens with one attached hydrogen (secondary N) is 1. The number of amides is 2. The van der Waals surface area contributed by atoms with Crippen molar-refractivity contribution in [2.24, 2.45) is 11.8 Å². The molecule has 2 aromatic carbocycles. The van der Waals surface area contributed by atoms with Crippen LogP contribution in [0.3, 0.4) is 0 Å². The predicted molar refractivity (Wildman–Crippen MR) is 128 cm³/mol. The molecule has 1 aliphatic heterocycles. The molecule has 7 nitrogen and oxygen atoms in total. The number of carboxylic acid groups (broad SMARTS) is 1. The van der Waals surface area contributed by atoms with E-state index < -0.39 is 17.8 Å². The van der Waals surface area contributed by atoms with Crippen molar-refractivity contribution < 1.29 is 19.5 Å². The fraction of sp³-hybridized carbons (Fsp3) is 0.320. The van der Waals surface area contributed by atoms with E-state index in [1.165, 1.54) is 0 Å². The number of aliphatic carboxylic acids is 1. The summed E-state index contributed by atoms with van der Waals surface area (Å²) < 4.78 is 0. The number of piperazine rings is 1. The number of carbonyl (C=O) groups is 3. The van der Waals surface area contributed by atoms with Crippen LogP contribution in [0.15, 0.2) is 60.7 Å². The summed E-state index contributed by atoms with van der Waals surface area (Å²) in [6.45, 7) is 2.49. The molecule has 2 amide bonds. The molecule has 0 saturated carbocycles. The van der Waals surface area contributed by atoms with Crippen LogP contribution < -0.4 is 10.2 Å². The van der Waals surface area contributed by atoms with E-state index in [2.05, 4.69) is 10.2 Å². The van der Waals surface area contributed by atoms with Gasteiger partial charge in [0.05, 0.1) is 23.1 Å². The number of para-hydroxylation sites is 1. The Hall–Kier alpha value is -3.32. The molecule has 1 fully saturated rings. The molecule has 2 atom stereocenters. The van der Waals surface area contributed by atoms with Gasteiger partial charge in [-0.2, -0.15) is 0 Å². The number of hydrogen-bond donors (Lipinski definition) is 2. The molecule has 0 radical (unpaired) electrons. The highest BCUT2D eigenvalue weighted by molar-refractivity contribution is 6.30. The third-order valence-electron chi connectivity index (χ3n) is 6.26. The smallest absolute Gasteiger partial charge is 0.307 e. The Morgan fingerprint density at radius 3 is 2.18 bits per heavy atom. The van der Waals surface area contributed by atoms with E-state index in [1.54, 1.807) is 35.2 Å². The molecular weight excluding hydrogens is 442 g/mol. The number of allylic oxidation sites excluding steroid dienone is 2. The number of hydrogen-bond acceptors (Lipinski definition) is 4. The average molecular weight is 468 g/mol. The lowest BCUT2D eigenvalue weighted by Crippen LogP contribution is -2.49. The van der Waals surface area contributed by atoms with Gasteiger partial charge in [-0.3, -0.25) is 14.4 Å². The molecule has 33 heavy (non-hydrogen) atoms. The van der Waals surface area contributed by atoms with Gasteiger partial charge in [-0.1, -0.05) is 35.9 Å². The second-order valence-corrected chi connectivity index (χ2v) is 8.72. The Morgan fingerprint density at radius 1 is 0.879 bits per heavy atom. The average Bonchev–Trinajstić information content (AvgIpc) is 2.84. The SMILES string of the molecule is O=C(O)[C@@H]1CC=CC[C@H]1C(=O)Nc1ccccc1C(=O)N1CCN(c2ccc(Cl)cc2)CC1. The normalized spacial score (nSPS) is 20.4. The maximum Gasteiger partial charge on any atom is 0.307 e. The summed E-state index contributed by atoms with van der Waals surface area (Å²) in [6, 6.07) is 14.5. The van der Waals surface area contributed by atoms with Gasteiger partial charge in [-0.05, 0) is 49.2 Å². The van der Waals surface area contributed by atoms with Gasteiger partial charge in [0.2, 0.25) is 5.91 Å². The zero-order valence-corrected chi connectivity index (χ0v) is 18.9. The summed E-state index contributed by atoms with van der Waals surface area (Å²) >= 11 is 5.97. The zero-order chi connectivity index (χ0) is 23.4. The van der Waals surface area contributed by atoms with E-state index in [0.717, 1.165) is 5.69 Å². The lowest BCUT2D eigenvalue weighted by molar-refractivity contribution is -0.146. The minimum absolute atomic E-state index is 0.153. The van der Waals surface area contributed by atoms with Crippen molar-refractivity contribution in [2.75, 3.05) is 36.4 Å². The molecule has 4 rings (SSSR count). The van der Waals surface area contributed by atoms with E-state index in [9.17, 15) is 19.5 Å². The summed E-state index contributed by atoms with van der Waals surface area (Å²) in [6.07, 6.45) is 4.32. The van der Waals surface area contributed by atoms with Gasteiger partial charge >= 0.3 is 5.97 Å². The first-order valence-electron chi connectivity index (χ1n) is 11.0. The predicted octanol–water partition coefficient (Wildman–Crippen LogP) is 3.91. The van der Waals surface area contributed by atoms with E-state index in [-0.39, 0.29) is 11.8 Å². The number of benzene rings is 2. The van der Waals surface area contributed by atoms with Crippen molar-refractivity contribution in [1.82, 2.24) is 4.90 Å². The lowest BCUT2D eigenvalue weighted by atomic mass is 9.82. The van der Waals surface area contributed by atoms with Crippen molar-refractivity contribution in [3.8, 4) is 0 Å². The first-order chi connectivity index (χ1) is 15.9. The largest absolute Gasteiger partial charge is 0.481 e. The molecule has 0 unspecified atom stereocenters. The summed E-state index contributed by atoms with van der Waals surface area (Å²) in [5.74, 6) is -2.95. The highest BCUT2D eigenvalue weighted by atomic mass is 35.5. The summed E-state index contributed by atoms with van der Waals surface area (Å²) in [7, 11) is 0. The number of carbonyl (C=O) groups excluding carboxylic acids is 2. The highest BCUT2D eigenvalue weighted by Gasteiger charge is 2.34. The van der Waals surface area contributed by atoms with Gasteiger partial charge in [-0.25, -0.2) is 0 Å². The van der Waals surface area contributed by atoms with Crippen molar-refractivity contribution in [3.05, 3.63) is 71.3 Å². The number of nitrogens with zero attached hydrogens (tertiary/aromatic N) is 2. The summed E-state index contributed by atoms with van der Waals surface area (Å²) in [4.78, 5) is 41.7. The minimum Gasteiger partial charge on any atom is -0.481 e. The molecule has 0 bridgehead atoms. The van der Waals surface area contributed by atoms with E-state index in [1.807, 2.05) is 30.3 Å². The molecule has 1 heterocycles. The van der Waals surface area contributed by atoms with Gasteiger partial charge in [-0.15, -0.1) is 0 Å². The number of rotatable bonds is 5. The van der Waals surface area contributed by atoms with Crippen LogP contribution in [0.25, 0.3) is 0 Å². The van der Waals surface area contributed by atoms with Gasteiger partial charge in [0, 0.05) is 36.9 Å². The van der Waals surface area contributed by atoms with E-state index in [0.29, 0.717) is 55.3 Å².